The van der Waals surface area contributed by atoms with Crippen LogP contribution in [0, 0.1) is 11.3 Å². The maximum atomic E-state index is 9.04. The zero-order valence-corrected chi connectivity index (χ0v) is 15.3. The Morgan fingerprint density at radius 3 is 1.64 bits per heavy atom. The zero-order chi connectivity index (χ0) is 19.2. The summed E-state index contributed by atoms with van der Waals surface area (Å²) in [7, 11) is 0. The average Bonchev–Trinajstić information content (AvgIpc) is 3.24. The fourth-order valence-electron chi connectivity index (χ4n) is 3.79. The van der Waals surface area contributed by atoms with E-state index in [1.54, 1.807) is 12.3 Å². The number of hydrogen-bond acceptors (Lipinski definition) is 2. The van der Waals surface area contributed by atoms with Gasteiger partial charge >= 0.3 is 0 Å². The molecule has 4 rings (SSSR count). The largest absolute Gasteiger partial charge is 0.313 e. The first-order valence-corrected chi connectivity index (χ1v) is 9.14. The van der Waals surface area contributed by atoms with Crippen LogP contribution < -0.4 is 0 Å². The van der Waals surface area contributed by atoms with Crippen LogP contribution in [0.2, 0.25) is 0 Å². The highest BCUT2D eigenvalue weighted by Crippen LogP contribution is 2.41. The van der Waals surface area contributed by atoms with E-state index in [1.807, 2.05) is 24.4 Å². The highest BCUT2D eigenvalue weighted by molar-refractivity contribution is 5.54. The first-order chi connectivity index (χ1) is 13.9. The lowest BCUT2D eigenvalue weighted by Crippen LogP contribution is -2.38. The van der Waals surface area contributed by atoms with Gasteiger partial charge in [-0.15, -0.1) is 0 Å². The summed E-state index contributed by atoms with van der Waals surface area (Å²) in [6.45, 7) is 0. The van der Waals surface area contributed by atoms with Gasteiger partial charge in [0.1, 0.15) is 11.4 Å². The molecule has 0 spiro atoms. The van der Waals surface area contributed by atoms with Gasteiger partial charge in [-0.25, -0.2) is 4.98 Å². The summed E-state index contributed by atoms with van der Waals surface area (Å²) in [6.07, 6.45) is 6.97. The molecule has 0 aliphatic rings. The van der Waals surface area contributed by atoms with Crippen molar-refractivity contribution in [3.63, 3.8) is 0 Å². The van der Waals surface area contributed by atoms with Crippen molar-refractivity contribution in [2.45, 2.75) is 5.54 Å². The molecule has 4 aromatic rings. The average molecular weight is 361 g/mol. The molecule has 0 atom stereocenters. The standard InChI is InChI=1S/C25H19N3/c26-18-10-17-24-27-19-20-28(24)25(21-11-4-1-5-12-21,22-13-6-2-7-14-22)23-15-8-3-9-16-23/h1-17,19-20H. The molecule has 3 heteroatoms. The van der Waals surface area contributed by atoms with Gasteiger partial charge in [0, 0.05) is 18.5 Å². The Morgan fingerprint density at radius 1 is 0.750 bits per heavy atom. The molecular weight excluding hydrogens is 342 g/mol. The first kappa shape index (κ1) is 17.5. The van der Waals surface area contributed by atoms with E-state index < -0.39 is 5.54 Å². The van der Waals surface area contributed by atoms with Gasteiger partial charge in [0.05, 0.1) is 6.07 Å². The zero-order valence-electron chi connectivity index (χ0n) is 15.3. The predicted molar refractivity (Wildman–Crippen MR) is 111 cm³/mol. The summed E-state index contributed by atoms with van der Waals surface area (Å²) >= 11 is 0. The minimum absolute atomic E-state index is 0.616. The molecule has 0 amide bonds. The van der Waals surface area contributed by atoms with Gasteiger partial charge in [0.15, 0.2) is 0 Å². The maximum Gasteiger partial charge on any atom is 0.134 e. The summed E-state index contributed by atoms with van der Waals surface area (Å²) < 4.78 is 2.14. The molecule has 0 N–H and O–H groups in total. The van der Waals surface area contributed by atoms with Gasteiger partial charge in [-0.3, -0.25) is 0 Å². The number of allylic oxidation sites excluding steroid dienone is 1. The Hall–Kier alpha value is -3.90. The molecule has 0 saturated heterocycles. The SMILES string of the molecule is N#CC=Cc1nccn1C(c1ccccc1)(c1ccccc1)c1ccccc1. The van der Waals surface area contributed by atoms with Crippen LogP contribution in [0.25, 0.3) is 6.08 Å². The molecule has 0 bridgehead atoms. The Kier molecular flexibility index (Phi) is 4.86. The van der Waals surface area contributed by atoms with Gasteiger partial charge in [0.25, 0.3) is 0 Å². The highest BCUT2D eigenvalue weighted by Gasteiger charge is 2.39. The van der Waals surface area contributed by atoms with Crippen LogP contribution in [0.15, 0.2) is 109 Å². The predicted octanol–water partition coefficient (Wildman–Crippen LogP) is 5.26. The second-order valence-corrected chi connectivity index (χ2v) is 6.43. The van der Waals surface area contributed by atoms with Crippen molar-refractivity contribution >= 4 is 6.08 Å². The monoisotopic (exact) mass is 361 g/mol. The Bertz CT molecular complexity index is 1010. The van der Waals surface area contributed by atoms with Crippen molar-refractivity contribution < 1.29 is 0 Å². The van der Waals surface area contributed by atoms with Crippen LogP contribution in [0.4, 0.5) is 0 Å². The van der Waals surface area contributed by atoms with Gasteiger partial charge in [0.2, 0.25) is 0 Å². The molecule has 0 aliphatic carbocycles. The van der Waals surface area contributed by atoms with Crippen molar-refractivity contribution in [1.29, 1.82) is 5.26 Å². The topological polar surface area (TPSA) is 41.6 Å². The van der Waals surface area contributed by atoms with E-state index in [0.717, 1.165) is 22.5 Å². The molecule has 0 saturated carbocycles. The number of aromatic nitrogens is 2. The van der Waals surface area contributed by atoms with E-state index in [0.29, 0.717) is 0 Å². The molecule has 0 unspecified atom stereocenters. The molecule has 1 aromatic heterocycles. The first-order valence-electron chi connectivity index (χ1n) is 9.14. The molecular formula is C25H19N3. The van der Waals surface area contributed by atoms with Crippen molar-refractivity contribution in [3.05, 3.63) is 132 Å². The van der Waals surface area contributed by atoms with Crippen molar-refractivity contribution in [3.8, 4) is 6.07 Å². The third kappa shape index (κ3) is 2.91. The van der Waals surface area contributed by atoms with E-state index in [-0.39, 0.29) is 0 Å². The smallest absolute Gasteiger partial charge is 0.134 e. The van der Waals surface area contributed by atoms with E-state index in [1.165, 1.54) is 6.08 Å². The minimum atomic E-state index is -0.616. The summed E-state index contributed by atoms with van der Waals surface area (Å²) in [5, 5.41) is 9.04. The molecule has 0 fully saturated rings. The number of nitrogens with zero attached hydrogens (tertiary/aromatic N) is 3. The molecule has 0 radical (unpaired) electrons. The second kappa shape index (κ2) is 7.77. The summed E-state index contributed by atoms with van der Waals surface area (Å²) in [5.41, 5.74) is 2.75. The van der Waals surface area contributed by atoms with Crippen molar-refractivity contribution in [2.24, 2.45) is 0 Å². The number of nitriles is 1. The third-order valence-corrected chi connectivity index (χ3v) is 4.91. The third-order valence-electron chi connectivity index (χ3n) is 4.91. The normalized spacial score (nSPS) is 11.4. The summed E-state index contributed by atoms with van der Waals surface area (Å²) in [6, 6.07) is 33.3. The van der Waals surface area contributed by atoms with Crippen molar-refractivity contribution in [1.82, 2.24) is 9.55 Å². The molecule has 0 aliphatic heterocycles. The van der Waals surface area contributed by atoms with Crippen molar-refractivity contribution in [2.75, 3.05) is 0 Å². The van der Waals surface area contributed by atoms with E-state index in [4.69, 9.17) is 5.26 Å². The quantitative estimate of drug-likeness (QED) is 0.359. The van der Waals surface area contributed by atoms with Crippen LogP contribution >= 0.6 is 0 Å². The Balaban J connectivity index is 2.13. The molecule has 3 aromatic carbocycles. The van der Waals surface area contributed by atoms with Crippen LogP contribution in [0.3, 0.4) is 0 Å². The number of imidazole rings is 1. The number of hydrogen-bond donors (Lipinski definition) is 0. The van der Waals surface area contributed by atoms with E-state index in [2.05, 4.69) is 88.4 Å². The van der Waals surface area contributed by atoms with Gasteiger partial charge in [-0.2, -0.15) is 5.26 Å². The Labute approximate surface area is 164 Å². The second-order valence-electron chi connectivity index (χ2n) is 6.43. The molecule has 134 valence electrons. The van der Waals surface area contributed by atoms with Crippen LogP contribution in [0.5, 0.6) is 0 Å². The van der Waals surface area contributed by atoms with E-state index >= 15 is 0 Å². The fourth-order valence-corrected chi connectivity index (χ4v) is 3.79. The molecule has 1 heterocycles. The van der Waals surface area contributed by atoms with Gasteiger partial charge in [-0.1, -0.05) is 91.0 Å². The molecule has 3 nitrogen and oxygen atoms in total. The highest BCUT2D eigenvalue weighted by atomic mass is 15.1. The number of benzene rings is 3. The lowest BCUT2D eigenvalue weighted by Gasteiger charge is -2.38. The Morgan fingerprint density at radius 2 is 1.21 bits per heavy atom. The summed E-state index contributed by atoms with van der Waals surface area (Å²) in [5.74, 6) is 0.720. The minimum Gasteiger partial charge on any atom is -0.313 e. The summed E-state index contributed by atoms with van der Waals surface area (Å²) in [4.78, 5) is 4.52. The van der Waals surface area contributed by atoms with Crippen LogP contribution in [-0.4, -0.2) is 9.55 Å². The molecule has 28 heavy (non-hydrogen) atoms. The lowest BCUT2D eigenvalue weighted by molar-refractivity contribution is 0.511. The van der Waals surface area contributed by atoms with Gasteiger partial charge < -0.3 is 4.57 Å². The van der Waals surface area contributed by atoms with Gasteiger partial charge in [-0.05, 0) is 22.8 Å². The fraction of sp³-hybridized carbons (Fsp3) is 0.0400. The van der Waals surface area contributed by atoms with E-state index in [9.17, 15) is 0 Å². The lowest BCUT2D eigenvalue weighted by atomic mass is 9.76. The van der Waals surface area contributed by atoms with Crippen LogP contribution in [-0.2, 0) is 5.54 Å². The maximum absolute atomic E-state index is 9.04. The van der Waals surface area contributed by atoms with Crippen LogP contribution in [0.1, 0.15) is 22.5 Å². The number of rotatable bonds is 5.